The smallest absolute Gasteiger partial charge is 0.315 e. The van der Waals surface area contributed by atoms with E-state index in [0.717, 1.165) is 0 Å². The second-order valence-corrected chi connectivity index (χ2v) is 3.68. The summed E-state index contributed by atoms with van der Waals surface area (Å²) in [6.45, 7) is 3.93. The summed E-state index contributed by atoms with van der Waals surface area (Å²) in [6.07, 6.45) is 0. The highest BCUT2D eigenvalue weighted by molar-refractivity contribution is 5.75. The lowest BCUT2D eigenvalue weighted by molar-refractivity contribution is -0.383. The molecule has 0 heterocycles. The van der Waals surface area contributed by atoms with Crippen molar-refractivity contribution in [2.24, 2.45) is 0 Å². The maximum atomic E-state index is 10.9. The fraction of sp³-hybridized carbons (Fsp3) is 0.400. The predicted octanol–water partition coefficient (Wildman–Crippen LogP) is 2.02. The molecule has 1 aromatic carbocycles. The van der Waals surface area contributed by atoms with E-state index in [0.29, 0.717) is 5.69 Å². The Bertz CT molecular complexity index is 377. The molecule has 0 amide bonds. The zero-order valence-corrected chi connectivity index (χ0v) is 9.10. The van der Waals surface area contributed by atoms with Gasteiger partial charge in [0, 0.05) is 13.1 Å². The number of rotatable bonds is 3. The number of nitrogens with zero attached hydrogens (tertiary/aromatic N) is 2. The van der Waals surface area contributed by atoms with E-state index in [-0.39, 0.29) is 17.4 Å². The first-order valence-corrected chi connectivity index (χ1v) is 4.71. The Morgan fingerprint density at radius 1 is 1.47 bits per heavy atom. The van der Waals surface area contributed by atoms with Crippen LogP contribution in [0.15, 0.2) is 18.2 Å². The third-order valence-corrected chi connectivity index (χ3v) is 2.38. The lowest BCUT2D eigenvalue weighted by Crippen LogP contribution is -2.26. The molecule has 0 fully saturated rings. The maximum Gasteiger partial charge on any atom is 0.315 e. The van der Waals surface area contributed by atoms with Gasteiger partial charge in [-0.05, 0) is 26.0 Å². The average molecular weight is 209 g/mol. The van der Waals surface area contributed by atoms with Gasteiger partial charge in [0.15, 0.2) is 0 Å². The van der Waals surface area contributed by atoms with Crippen molar-refractivity contribution in [3.63, 3.8) is 0 Å². The number of nitrogen functional groups attached to an aromatic ring is 1. The Kier molecular flexibility index (Phi) is 3.14. The molecule has 0 aliphatic rings. The van der Waals surface area contributed by atoms with Crippen LogP contribution >= 0.6 is 0 Å². The Balaban J connectivity index is 3.29. The van der Waals surface area contributed by atoms with Crippen molar-refractivity contribution in [3.8, 4) is 0 Å². The molecule has 0 bridgehead atoms. The highest BCUT2D eigenvalue weighted by Gasteiger charge is 2.21. The van der Waals surface area contributed by atoms with Gasteiger partial charge in [-0.3, -0.25) is 10.1 Å². The molecule has 0 radical (unpaired) electrons. The first-order chi connectivity index (χ1) is 6.95. The summed E-state index contributed by atoms with van der Waals surface area (Å²) < 4.78 is 0. The van der Waals surface area contributed by atoms with E-state index in [1.54, 1.807) is 12.1 Å². The van der Waals surface area contributed by atoms with Crippen molar-refractivity contribution in [1.82, 2.24) is 0 Å². The quantitative estimate of drug-likeness (QED) is 0.469. The van der Waals surface area contributed by atoms with E-state index in [1.807, 2.05) is 25.8 Å². The van der Waals surface area contributed by atoms with Crippen LogP contribution in [0, 0.1) is 10.1 Å². The molecule has 1 rings (SSSR count). The summed E-state index contributed by atoms with van der Waals surface area (Å²) >= 11 is 0. The molecule has 2 N–H and O–H groups in total. The maximum absolute atomic E-state index is 10.9. The van der Waals surface area contributed by atoms with Crippen LogP contribution in [0.4, 0.5) is 17.1 Å². The molecule has 1 aromatic rings. The van der Waals surface area contributed by atoms with Crippen molar-refractivity contribution < 1.29 is 4.92 Å². The Hall–Kier alpha value is -1.78. The van der Waals surface area contributed by atoms with Gasteiger partial charge in [-0.15, -0.1) is 0 Å². The molecule has 15 heavy (non-hydrogen) atoms. The summed E-state index contributed by atoms with van der Waals surface area (Å²) in [7, 11) is 1.81. The van der Waals surface area contributed by atoms with Crippen molar-refractivity contribution in [1.29, 1.82) is 0 Å². The van der Waals surface area contributed by atoms with Gasteiger partial charge in [0.05, 0.1) is 4.92 Å². The van der Waals surface area contributed by atoms with Gasteiger partial charge in [0.1, 0.15) is 11.4 Å². The molecular formula is C10H15N3O2. The van der Waals surface area contributed by atoms with E-state index >= 15 is 0 Å². The molecule has 0 saturated carbocycles. The zero-order valence-electron chi connectivity index (χ0n) is 9.10. The Morgan fingerprint density at radius 3 is 2.53 bits per heavy atom. The number of hydrogen-bond donors (Lipinski definition) is 1. The molecule has 0 aromatic heterocycles. The minimum Gasteiger partial charge on any atom is -0.393 e. The number of nitro benzene ring substituents is 1. The standard InChI is InChI=1S/C10H15N3O2/c1-7(2)12(3)9-6-4-5-8(11)10(9)13(14)15/h4-7H,11H2,1-3H3. The molecule has 0 unspecified atom stereocenters. The summed E-state index contributed by atoms with van der Waals surface area (Å²) in [5.74, 6) is 0. The second kappa shape index (κ2) is 4.16. The van der Waals surface area contributed by atoms with Gasteiger partial charge < -0.3 is 10.6 Å². The molecule has 0 spiro atoms. The van der Waals surface area contributed by atoms with E-state index in [4.69, 9.17) is 5.73 Å². The lowest BCUT2D eigenvalue weighted by atomic mass is 10.2. The van der Waals surface area contributed by atoms with Crippen molar-refractivity contribution >= 4 is 17.1 Å². The molecule has 0 atom stereocenters. The van der Waals surface area contributed by atoms with Crippen LogP contribution in [0.3, 0.4) is 0 Å². The predicted molar refractivity (Wildman–Crippen MR) is 61.0 cm³/mol. The molecule has 5 heteroatoms. The van der Waals surface area contributed by atoms with Crippen molar-refractivity contribution in [2.45, 2.75) is 19.9 Å². The highest BCUT2D eigenvalue weighted by atomic mass is 16.6. The largest absolute Gasteiger partial charge is 0.393 e. The number of benzene rings is 1. The monoisotopic (exact) mass is 209 g/mol. The van der Waals surface area contributed by atoms with Crippen LogP contribution in [0.25, 0.3) is 0 Å². The average Bonchev–Trinajstić information content (AvgIpc) is 2.15. The normalized spacial score (nSPS) is 10.4. The van der Waals surface area contributed by atoms with E-state index in [2.05, 4.69) is 0 Å². The minimum atomic E-state index is -0.441. The van der Waals surface area contributed by atoms with E-state index < -0.39 is 4.92 Å². The van der Waals surface area contributed by atoms with Gasteiger partial charge in [-0.2, -0.15) is 0 Å². The SMILES string of the molecule is CC(C)N(C)c1cccc(N)c1[N+](=O)[O-]. The van der Waals surface area contributed by atoms with Gasteiger partial charge in [-0.1, -0.05) is 6.07 Å². The van der Waals surface area contributed by atoms with Crippen LogP contribution in [0.5, 0.6) is 0 Å². The summed E-state index contributed by atoms with van der Waals surface area (Å²) in [4.78, 5) is 12.3. The highest BCUT2D eigenvalue weighted by Crippen LogP contribution is 2.33. The fourth-order valence-corrected chi connectivity index (χ4v) is 1.31. The van der Waals surface area contributed by atoms with Crippen LogP contribution in [-0.2, 0) is 0 Å². The zero-order chi connectivity index (χ0) is 11.6. The first kappa shape index (κ1) is 11.3. The van der Waals surface area contributed by atoms with Gasteiger partial charge in [0.25, 0.3) is 0 Å². The third-order valence-electron chi connectivity index (χ3n) is 2.38. The van der Waals surface area contributed by atoms with Crippen LogP contribution < -0.4 is 10.6 Å². The van der Waals surface area contributed by atoms with Crippen LogP contribution in [0.1, 0.15) is 13.8 Å². The van der Waals surface area contributed by atoms with Gasteiger partial charge in [0.2, 0.25) is 0 Å². The van der Waals surface area contributed by atoms with Crippen LogP contribution in [-0.4, -0.2) is 18.0 Å². The van der Waals surface area contributed by atoms with Crippen LogP contribution in [0.2, 0.25) is 0 Å². The van der Waals surface area contributed by atoms with E-state index in [1.165, 1.54) is 6.07 Å². The fourth-order valence-electron chi connectivity index (χ4n) is 1.31. The minimum absolute atomic E-state index is 0.0197. The molecular weight excluding hydrogens is 194 g/mol. The Labute approximate surface area is 88.6 Å². The summed E-state index contributed by atoms with van der Waals surface area (Å²) in [6, 6.07) is 5.14. The number of anilines is 2. The number of hydrogen-bond acceptors (Lipinski definition) is 4. The first-order valence-electron chi connectivity index (χ1n) is 4.71. The number of nitro groups is 1. The topological polar surface area (TPSA) is 72.4 Å². The summed E-state index contributed by atoms with van der Waals surface area (Å²) in [5.41, 5.74) is 6.32. The van der Waals surface area contributed by atoms with Crippen molar-refractivity contribution in [2.75, 3.05) is 17.7 Å². The molecule has 82 valence electrons. The van der Waals surface area contributed by atoms with Gasteiger partial charge in [-0.25, -0.2) is 0 Å². The molecule has 0 aliphatic carbocycles. The lowest BCUT2D eigenvalue weighted by Gasteiger charge is -2.23. The molecule has 0 aliphatic heterocycles. The van der Waals surface area contributed by atoms with Crippen molar-refractivity contribution in [3.05, 3.63) is 28.3 Å². The second-order valence-electron chi connectivity index (χ2n) is 3.68. The third kappa shape index (κ3) is 2.18. The summed E-state index contributed by atoms with van der Waals surface area (Å²) in [5, 5.41) is 10.9. The molecule has 5 nitrogen and oxygen atoms in total. The van der Waals surface area contributed by atoms with Gasteiger partial charge >= 0.3 is 5.69 Å². The number of para-hydroxylation sites is 1. The Morgan fingerprint density at radius 2 is 2.07 bits per heavy atom. The van der Waals surface area contributed by atoms with E-state index in [9.17, 15) is 10.1 Å². The molecule has 0 saturated heterocycles. The number of nitrogens with two attached hydrogens (primary N) is 1.